The van der Waals surface area contributed by atoms with Crippen LogP contribution < -0.4 is 5.56 Å². The molecule has 0 bridgehead atoms. The molecule has 1 fully saturated rings. The molecule has 0 aliphatic carbocycles. The number of hydrogen-bond donors (Lipinski definition) is 1. The quantitative estimate of drug-likeness (QED) is 0.910. The predicted molar refractivity (Wildman–Crippen MR) is 88.0 cm³/mol. The molecule has 126 valence electrons. The molecule has 3 rings (SSSR count). The number of rotatable bonds is 5. The number of hydrogen-bond acceptors (Lipinski definition) is 4. The maximum Gasteiger partial charge on any atom is 0.270 e. The first-order chi connectivity index (χ1) is 11.6. The zero-order valence-corrected chi connectivity index (χ0v) is 13.4. The van der Waals surface area contributed by atoms with Crippen molar-refractivity contribution in [2.45, 2.75) is 25.8 Å². The van der Waals surface area contributed by atoms with Crippen LogP contribution in [0.4, 0.5) is 4.39 Å². The smallest absolute Gasteiger partial charge is 0.270 e. The van der Waals surface area contributed by atoms with E-state index in [2.05, 4.69) is 14.9 Å². The van der Waals surface area contributed by atoms with E-state index >= 15 is 0 Å². The van der Waals surface area contributed by atoms with Crippen molar-refractivity contribution in [3.05, 3.63) is 64.1 Å². The Labute approximate surface area is 139 Å². The second-order valence-electron chi connectivity index (χ2n) is 6.19. The molecule has 1 aromatic carbocycles. The van der Waals surface area contributed by atoms with Gasteiger partial charge in [-0.1, -0.05) is 12.1 Å². The third kappa shape index (κ3) is 4.14. The third-order valence-electron chi connectivity index (χ3n) is 4.47. The van der Waals surface area contributed by atoms with E-state index in [-0.39, 0.29) is 29.5 Å². The van der Waals surface area contributed by atoms with Crippen LogP contribution in [0.1, 0.15) is 24.1 Å². The van der Waals surface area contributed by atoms with Crippen LogP contribution >= 0.6 is 0 Å². The fourth-order valence-corrected chi connectivity index (χ4v) is 3.11. The predicted octanol–water partition coefficient (Wildman–Crippen LogP) is 1.93. The summed E-state index contributed by atoms with van der Waals surface area (Å²) in [4.78, 5) is 32.9. The molecular weight excluding hydrogens is 309 g/mol. The average molecular weight is 329 g/mol. The average Bonchev–Trinajstić information content (AvgIpc) is 2.57. The summed E-state index contributed by atoms with van der Waals surface area (Å²) in [6, 6.07) is 6.21. The van der Waals surface area contributed by atoms with Crippen molar-refractivity contribution in [2.75, 3.05) is 13.1 Å². The van der Waals surface area contributed by atoms with Crippen LogP contribution in [0.15, 0.2) is 41.5 Å². The van der Waals surface area contributed by atoms with Gasteiger partial charge in [0.2, 0.25) is 0 Å². The van der Waals surface area contributed by atoms with Crippen LogP contribution in [-0.4, -0.2) is 33.7 Å². The van der Waals surface area contributed by atoms with Gasteiger partial charge in [0.25, 0.3) is 5.56 Å². The molecule has 0 saturated carbocycles. The lowest BCUT2D eigenvalue weighted by atomic mass is 9.89. The molecule has 1 aromatic heterocycles. The number of carbonyl (C=O) groups is 1. The highest BCUT2D eigenvalue weighted by molar-refractivity contribution is 5.83. The van der Waals surface area contributed by atoms with Gasteiger partial charge in [0, 0.05) is 31.3 Å². The van der Waals surface area contributed by atoms with Gasteiger partial charge in [0.15, 0.2) is 0 Å². The van der Waals surface area contributed by atoms with Gasteiger partial charge in [-0.15, -0.1) is 0 Å². The maximum absolute atomic E-state index is 13.2. The summed E-state index contributed by atoms with van der Waals surface area (Å²) in [6.45, 7) is 2.02. The van der Waals surface area contributed by atoms with Gasteiger partial charge in [-0.05, 0) is 43.6 Å². The first kappa shape index (κ1) is 16.5. The molecular formula is C18H20FN3O2. The van der Waals surface area contributed by atoms with Crippen molar-refractivity contribution in [1.82, 2.24) is 14.9 Å². The number of piperidine rings is 1. The number of Topliss-reactive ketones (excluding diaryl/α,β-unsaturated/α-hetero) is 1. The monoisotopic (exact) mass is 329 g/mol. The normalized spacial score (nSPS) is 16.2. The van der Waals surface area contributed by atoms with Crippen molar-refractivity contribution in [3.63, 3.8) is 0 Å². The van der Waals surface area contributed by atoms with E-state index in [0.29, 0.717) is 12.2 Å². The molecule has 0 atom stereocenters. The molecule has 1 aliphatic rings. The summed E-state index contributed by atoms with van der Waals surface area (Å²) in [5.41, 5.74) is 1.06. The molecule has 0 amide bonds. The Morgan fingerprint density at radius 1 is 1.33 bits per heavy atom. The van der Waals surface area contributed by atoms with Crippen LogP contribution in [0.25, 0.3) is 0 Å². The Balaban J connectivity index is 1.52. The number of H-pyrrole nitrogens is 1. The van der Waals surface area contributed by atoms with E-state index in [1.807, 2.05) is 0 Å². The van der Waals surface area contributed by atoms with E-state index in [1.165, 1.54) is 18.3 Å². The highest BCUT2D eigenvalue weighted by Crippen LogP contribution is 2.21. The number of likely N-dealkylation sites (tertiary alicyclic amines) is 1. The van der Waals surface area contributed by atoms with Gasteiger partial charge in [-0.2, -0.15) is 0 Å². The first-order valence-corrected chi connectivity index (χ1v) is 8.14. The number of nitrogens with one attached hydrogen (secondary N) is 1. The first-order valence-electron chi connectivity index (χ1n) is 8.14. The third-order valence-corrected chi connectivity index (χ3v) is 4.47. The fraction of sp³-hybridized carbons (Fsp3) is 0.389. The standard InChI is InChI=1S/C18H20FN3O2/c19-15-3-1-2-13(10-15)11-17(23)14-4-8-22(9-5-14)12-16-18(24)21-7-6-20-16/h1-3,6-7,10,14H,4-5,8-9,11-12H2,(H,21,24). The molecule has 1 N–H and O–H groups in total. The van der Waals surface area contributed by atoms with Crippen LogP contribution in [0.2, 0.25) is 0 Å². The summed E-state index contributed by atoms with van der Waals surface area (Å²) in [6.07, 6.45) is 4.90. The summed E-state index contributed by atoms with van der Waals surface area (Å²) in [7, 11) is 0. The van der Waals surface area contributed by atoms with Crippen molar-refractivity contribution < 1.29 is 9.18 Å². The lowest BCUT2D eigenvalue weighted by molar-refractivity contribution is -0.123. The van der Waals surface area contributed by atoms with Gasteiger partial charge in [-0.3, -0.25) is 19.5 Å². The Kier molecular flexibility index (Phi) is 5.15. The van der Waals surface area contributed by atoms with Crippen LogP contribution in [0.5, 0.6) is 0 Å². The van der Waals surface area contributed by atoms with E-state index in [1.54, 1.807) is 18.3 Å². The summed E-state index contributed by atoms with van der Waals surface area (Å²) >= 11 is 0. The second-order valence-corrected chi connectivity index (χ2v) is 6.19. The minimum atomic E-state index is -0.310. The SMILES string of the molecule is O=C(Cc1cccc(F)c1)C1CCN(Cc2ncc[nH]c2=O)CC1. The minimum Gasteiger partial charge on any atom is -0.326 e. The molecule has 2 heterocycles. The van der Waals surface area contributed by atoms with E-state index in [0.717, 1.165) is 31.5 Å². The van der Waals surface area contributed by atoms with Gasteiger partial charge < -0.3 is 4.98 Å². The number of ketones is 1. The van der Waals surface area contributed by atoms with Crippen molar-refractivity contribution >= 4 is 5.78 Å². The lowest BCUT2D eigenvalue weighted by Gasteiger charge is -2.30. The zero-order chi connectivity index (χ0) is 16.9. The molecule has 1 saturated heterocycles. The summed E-state index contributed by atoms with van der Waals surface area (Å²) in [5, 5.41) is 0. The Morgan fingerprint density at radius 2 is 2.12 bits per heavy atom. The van der Waals surface area contributed by atoms with E-state index in [9.17, 15) is 14.0 Å². The number of carbonyl (C=O) groups excluding carboxylic acids is 1. The minimum absolute atomic E-state index is 0.00605. The zero-order valence-electron chi connectivity index (χ0n) is 13.4. The number of aromatic nitrogens is 2. The number of aromatic amines is 1. The Morgan fingerprint density at radius 3 is 2.83 bits per heavy atom. The highest BCUT2D eigenvalue weighted by Gasteiger charge is 2.25. The van der Waals surface area contributed by atoms with E-state index < -0.39 is 0 Å². The lowest BCUT2D eigenvalue weighted by Crippen LogP contribution is -2.37. The highest BCUT2D eigenvalue weighted by atomic mass is 19.1. The van der Waals surface area contributed by atoms with Crippen molar-refractivity contribution in [1.29, 1.82) is 0 Å². The van der Waals surface area contributed by atoms with Crippen LogP contribution in [0.3, 0.4) is 0 Å². The summed E-state index contributed by atoms with van der Waals surface area (Å²) in [5.74, 6) is -0.141. The second kappa shape index (κ2) is 7.49. The molecule has 0 unspecified atom stereocenters. The number of nitrogens with zero attached hydrogens (tertiary/aromatic N) is 2. The Bertz CT molecular complexity index is 767. The Hall–Kier alpha value is -2.34. The molecule has 2 aromatic rings. The molecule has 6 heteroatoms. The van der Waals surface area contributed by atoms with Crippen molar-refractivity contribution in [3.8, 4) is 0 Å². The topological polar surface area (TPSA) is 66.1 Å². The maximum atomic E-state index is 13.2. The molecule has 24 heavy (non-hydrogen) atoms. The summed E-state index contributed by atoms with van der Waals surface area (Å²) < 4.78 is 13.2. The molecule has 1 aliphatic heterocycles. The van der Waals surface area contributed by atoms with Gasteiger partial charge >= 0.3 is 0 Å². The molecule has 0 spiro atoms. The number of halogens is 1. The van der Waals surface area contributed by atoms with Crippen LogP contribution in [-0.2, 0) is 17.8 Å². The van der Waals surface area contributed by atoms with Gasteiger partial charge in [-0.25, -0.2) is 4.39 Å². The number of benzene rings is 1. The van der Waals surface area contributed by atoms with Crippen molar-refractivity contribution in [2.24, 2.45) is 5.92 Å². The van der Waals surface area contributed by atoms with E-state index in [4.69, 9.17) is 0 Å². The molecule has 0 radical (unpaired) electrons. The fourth-order valence-electron chi connectivity index (χ4n) is 3.11. The largest absolute Gasteiger partial charge is 0.326 e. The molecule has 5 nitrogen and oxygen atoms in total. The van der Waals surface area contributed by atoms with Gasteiger partial charge in [0.1, 0.15) is 17.3 Å². The van der Waals surface area contributed by atoms with Gasteiger partial charge in [0.05, 0.1) is 0 Å². The van der Waals surface area contributed by atoms with Crippen LogP contribution in [0, 0.1) is 11.7 Å².